The maximum absolute atomic E-state index is 15.4. The van der Waals surface area contributed by atoms with E-state index in [1.807, 2.05) is 4.90 Å². The molecule has 0 aliphatic carbocycles. The standard InChI is InChI=1S/C35H39ClF2N8O4/c1-21-27(19-40-46(21)16-17-47)24-6-7-26(31(38)30(24)37)29-20-39-32(43(29)3)33(48)41-23-4-5-25(28(36)18-23)35(50)45-14-12-44(13-15-45)34(49)22-8-10-42(2)11-9-22/h4-7,18-20,22,47H,8-17H2,1-3H3,(H,41,48). The Bertz CT molecular complexity index is 1930. The average molecular weight is 709 g/mol. The molecule has 2 aromatic carbocycles. The molecule has 2 aliphatic rings. The van der Waals surface area contributed by atoms with E-state index in [4.69, 9.17) is 11.6 Å². The molecule has 0 bridgehead atoms. The molecule has 4 heterocycles. The van der Waals surface area contributed by atoms with Crippen molar-refractivity contribution in [2.45, 2.75) is 26.3 Å². The fourth-order valence-corrected chi connectivity index (χ4v) is 6.89. The summed E-state index contributed by atoms with van der Waals surface area (Å²) in [6.45, 7) is 5.33. The summed E-state index contributed by atoms with van der Waals surface area (Å²) in [5, 5.41) is 16.2. The first-order chi connectivity index (χ1) is 24.0. The van der Waals surface area contributed by atoms with Crippen LogP contribution in [0.15, 0.2) is 42.7 Å². The Morgan fingerprint density at radius 2 is 1.58 bits per heavy atom. The second-order valence-electron chi connectivity index (χ2n) is 12.7. The van der Waals surface area contributed by atoms with Gasteiger partial charge in [-0.3, -0.25) is 19.1 Å². The van der Waals surface area contributed by atoms with Crippen LogP contribution in [-0.2, 0) is 18.4 Å². The average Bonchev–Trinajstić information content (AvgIpc) is 3.67. The predicted octanol–water partition coefficient (Wildman–Crippen LogP) is 4.06. The maximum atomic E-state index is 15.4. The number of nitrogens with one attached hydrogen (secondary N) is 1. The molecule has 15 heteroatoms. The summed E-state index contributed by atoms with van der Waals surface area (Å²) < 4.78 is 33.6. The van der Waals surface area contributed by atoms with Gasteiger partial charge in [0.05, 0.1) is 41.8 Å². The molecule has 6 rings (SSSR count). The number of nitrogens with zero attached hydrogens (tertiary/aromatic N) is 7. The number of anilines is 1. The Hall–Kier alpha value is -4.66. The summed E-state index contributed by atoms with van der Waals surface area (Å²) in [5.41, 5.74) is 1.68. The number of hydrogen-bond donors (Lipinski definition) is 2. The Kier molecular flexibility index (Phi) is 10.3. The lowest BCUT2D eigenvalue weighted by atomic mass is 9.95. The molecule has 0 atom stereocenters. The summed E-state index contributed by atoms with van der Waals surface area (Å²) in [6, 6.07) is 7.41. The molecule has 2 saturated heterocycles. The van der Waals surface area contributed by atoms with Crippen LogP contribution in [-0.4, -0.2) is 110 Å². The van der Waals surface area contributed by atoms with Gasteiger partial charge < -0.3 is 29.7 Å². The van der Waals surface area contributed by atoms with Crippen LogP contribution in [0.4, 0.5) is 14.5 Å². The first-order valence-corrected chi connectivity index (χ1v) is 16.9. The van der Waals surface area contributed by atoms with Crippen molar-refractivity contribution in [1.82, 2.24) is 34.0 Å². The quantitative estimate of drug-likeness (QED) is 0.283. The van der Waals surface area contributed by atoms with Crippen molar-refractivity contribution in [3.8, 4) is 22.4 Å². The Morgan fingerprint density at radius 3 is 2.26 bits per heavy atom. The highest BCUT2D eigenvalue weighted by atomic mass is 35.5. The zero-order valence-corrected chi connectivity index (χ0v) is 28.9. The first-order valence-electron chi connectivity index (χ1n) is 16.5. The van der Waals surface area contributed by atoms with Gasteiger partial charge in [0.15, 0.2) is 17.5 Å². The number of piperidine rings is 1. The number of likely N-dealkylation sites (tertiary alicyclic amines) is 1. The molecule has 3 amide bonds. The number of halogens is 3. The van der Waals surface area contributed by atoms with E-state index in [0.717, 1.165) is 25.9 Å². The van der Waals surface area contributed by atoms with E-state index in [2.05, 4.69) is 27.3 Å². The fraction of sp³-hybridized carbons (Fsp3) is 0.400. The number of aliphatic hydroxyl groups is 1. The highest BCUT2D eigenvalue weighted by molar-refractivity contribution is 6.34. The molecule has 0 radical (unpaired) electrons. The van der Waals surface area contributed by atoms with E-state index < -0.39 is 17.5 Å². The summed E-state index contributed by atoms with van der Waals surface area (Å²) in [5.74, 6) is -2.94. The van der Waals surface area contributed by atoms with Crippen molar-refractivity contribution < 1.29 is 28.3 Å². The molecule has 12 nitrogen and oxygen atoms in total. The van der Waals surface area contributed by atoms with Crippen LogP contribution >= 0.6 is 11.6 Å². The van der Waals surface area contributed by atoms with Gasteiger partial charge in [-0.25, -0.2) is 13.8 Å². The molecular formula is C35H39ClF2N8O4. The maximum Gasteiger partial charge on any atom is 0.291 e. The summed E-state index contributed by atoms with van der Waals surface area (Å²) >= 11 is 6.52. The molecule has 2 fully saturated rings. The van der Waals surface area contributed by atoms with Crippen molar-refractivity contribution in [2.75, 3.05) is 58.2 Å². The van der Waals surface area contributed by atoms with Crippen LogP contribution in [0.1, 0.15) is 39.5 Å². The van der Waals surface area contributed by atoms with Crippen LogP contribution < -0.4 is 5.32 Å². The van der Waals surface area contributed by atoms with Crippen molar-refractivity contribution in [1.29, 1.82) is 0 Å². The number of carbonyl (C=O) groups is 3. The number of benzene rings is 2. The number of aliphatic hydroxyl groups excluding tert-OH is 1. The van der Waals surface area contributed by atoms with Gasteiger partial charge in [0, 0.05) is 67.2 Å². The van der Waals surface area contributed by atoms with Crippen molar-refractivity contribution in [3.05, 3.63) is 76.5 Å². The smallest absolute Gasteiger partial charge is 0.291 e. The van der Waals surface area contributed by atoms with E-state index in [-0.39, 0.29) is 64.1 Å². The molecule has 4 aromatic rings. The van der Waals surface area contributed by atoms with Crippen molar-refractivity contribution in [2.24, 2.45) is 13.0 Å². The molecule has 2 N–H and O–H groups in total. The fourth-order valence-electron chi connectivity index (χ4n) is 6.62. The minimum Gasteiger partial charge on any atom is -0.394 e. The molecule has 50 heavy (non-hydrogen) atoms. The van der Waals surface area contributed by atoms with Gasteiger partial charge >= 0.3 is 0 Å². The third-order valence-electron chi connectivity index (χ3n) is 9.66. The molecule has 0 saturated carbocycles. The number of aromatic nitrogens is 4. The summed E-state index contributed by atoms with van der Waals surface area (Å²) in [4.78, 5) is 49.5. The molecule has 0 unspecified atom stereocenters. The normalized spacial score (nSPS) is 15.8. The van der Waals surface area contributed by atoms with E-state index in [1.165, 1.54) is 53.0 Å². The number of imidazole rings is 1. The lowest BCUT2D eigenvalue weighted by molar-refractivity contribution is -0.138. The van der Waals surface area contributed by atoms with Gasteiger partial charge in [0.25, 0.3) is 11.8 Å². The van der Waals surface area contributed by atoms with Crippen LogP contribution in [0.3, 0.4) is 0 Å². The van der Waals surface area contributed by atoms with Crippen LogP contribution in [0.2, 0.25) is 5.02 Å². The largest absolute Gasteiger partial charge is 0.394 e. The molecule has 264 valence electrons. The summed E-state index contributed by atoms with van der Waals surface area (Å²) in [7, 11) is 3.57. The zero-order valence-electron chi connectivity index (χ0n) is 28.1. The van der Waals surface area contributed by atoms with Gasteiger partial charge in [0.2, 0.25) is 5.91 Å². The highest BCUT2D eigenvalue weighted by Gasteiger charge is 2.31. The Labute approximate surface area is 293 Å². The SMILES string of the molecule is Cc1c(-c2ccc(-c3cnc(C(=O)Nc4ccc(C(=O)N5CCN(C(=O)C6CCN(C)CC6)CC5)c(Cl)c4)n3C)c(F)c2F)cnn1CCO. The molecule has 2 aromatic heterocycles. The number of rotatable bonds is 8. The van der Waals surface area contributed by atoms with Crippen LogP contribution in [0.25, 0.3) is 22.4 Å². The van der Waals surface area contributed by atoms with E-state index in [1.54, 1.807) is 17.9 Å². The molecule has 2 aliphatic heterocycles. The third-order valence-corrected chi connectivity index (χ3v) is 9.97. The Balaban J connectivity index is 1.10. The van der Waals surface area contributed by atoms with Gasteiger partial charge in [-0.1, -0.05) is 17.7 Å². The molecular weight excluding hydrogens is 670 g/mol. The third kappa shape index (κ3) is 6.87. The minimum atomic E-state index is -1.11. The van der Waals surface area contributed by atoms with Crippen molar-refractivity contribution in [3.63, 3.8) is 0 Å². The van der Waals surface area contributed by atoms with E-state index in [9.17, 15) is 19.5 Å². The van der Waals surface area contributed by atoms with Gasteiger partial charge in [-0.2, -0.15) is 5.10 Å². The highest BCUT2D eigenvalue weighted by Crippen LogP contribution is 2.33. The molecule has 0 spiro atoms. The van der Waals surface area contributed by atoms with Gasteiger partial charge in [-0.05, 0) is 64.2 Å². The van der Waals surface area contributed by atoms with Gasteiger partial charge in [0.1, 0.15) is 0 Å². The summed E-state index contributed by atoms with van der Waals surface area (Å²) in [6.07, 6.45) is 4.41. The van der Waals surface area contributed by atoms with E-state index >= 15 is 8.78 Å². The number of amides is 3. The lowest BCUT2D eigenvalue weighted by Crippen LogP contribution is -2.52. The monoisotopic (exact) mass is 708 g/mol. The number of piperazine rings is 1. The lowest BCUT2D eigenvalue weighted by Gasteiger charge is -2.38. The topological polar surface area (TPSA) is 129 Å². The second kappa shape index (κ2) is 14.7. The first kappa shape index (κ1) is 35.2. The Morgan fingerprint density at radius 1 is 0.920 bits per heavy atom. The van der Waals surface area contributed by atoms with Crippen LogP contribution in [0.5, 0.6) is 0 Å². The zero-order chi connectivity index (χ0) is 35.7. The van der Waals surface area contributed by atoms with Crippen molar-refractivity contribution >= 4 is 35.0 Å². The van der Waals surface area contributed by atoms with Crippen LogP contribution in [0, 0.1) is 24.5 Å². The second-order valence-corrected chi connectivity index (χ2v) is 13.2. The van der Waals surface area contributed by atoms with E-state index in [0.29, 0.717) is 43.1 Å². The predicted molar refractivity (Wildman–Crippen MR) is 184 cm³/mol. The van der Waals surface area contributed by atoms with Gasteiger partial charge in [-0.15, -0.1) is 0 Å². The minimum absolute atomic E-state index is 0.0206. The number of hydrogen-bond acceptors (Lipinski definition) is 7. The number of carbonyl (C=O) groups excluding carboxylic acids is 3.